The molecule has 0 spiro atoms. The zero-order chi connectivity index (χ0) is 18.4. The molecular formula is C22H33Cl2N3O2. The molecule has 5 atom stereocenters. The van der Waals surface area contributed by atoms with Crippen molar-refractivity contribution in [2.75, 3.05) is 26.2 Å². The standard InChI is InChI=1S/C22H31N3O2.2ClH/c26-14-21-18-9-17(20-7-3-4-8-25(20)21)12-24(13-18)22(27)19-10-15-5-1-2-6-16(15)11-23-19;;/h1-2,5-6,17-21,23,26H,3-4,7-14H2;2*1H/t17-,18+,19-,20+,21+;;/m1../s1. The Morgan fingerprint density at radius 2 is 1.86 bits per heavy atom. The van der Waals surface area contributed by atoms with E-state index in [0.717, 1.165) is 32.6 Å². The molecule has 4 heterocycles. The van der Waals surface area contributed by atoms with E-state index in [4.69, 9.17) is 0 Å². The van der Waals surface area contributed by atoms with Crippen LogP contribution in [0.15, 0.2) is 24.3 Å². The van der Waals surface area contributed by atoms with Gasteiger partial charge in [-0.05, 0) is 55.2 Å². The molecule has 2 bridgehead atoms. The van der Waals surface area contributed by atoms with Crippen LogP contribution in [0, 0.1) is 11.8 Å². The normalized spacial score (nSPS) is 33.6. The van der Waals surface area contributed by atoms with Gasteiger partial charge in [0.1, 0.15) is 0 Å². The second-order valence-electron chi connectivity index (χ2n) is 8.96. The Hall–Kier alpha value is -0.850. The number of carbonyl (C=O) groups is 1. The van der Waals surface area contributed by atoms with Gasteiger partial charge in [-0.25, -0.2) is 0 Å². The molecule has 1 aromatic rings. The number of aliphatic hydroxyl groups is 1. The number of piperidine rings is 3. The van der Waals surface area contributed by atoms with Gasteiger partial charge in [-0.15, -0.1) is 24.8 Å². The lowest BCUT2D eigenvalue weighted by atomic mass is 9.72. The monoisotopic (exact) mass is 441 g/mol. The average Bonchev–Trinajstić information content (AvgIpc) is 2.73. The number of nitrogens with one attached hydrogen (secondary N) is 1. The lowest BCUT2D eigenvalue weighted by Crippen LogP contribution is -2.66. The number of carbonyl (C=O) groups excluding carboxylic acids is 1. The summed E-state index contributed by atoms with van der Waals surface area (Å²) in [5.74, 6) is 1.26. The maximum Gasteiger partial charge on any atom is 0.240 e. The molecule has 29 heavy (non-hydrogen) atoms. The van der Waals surface area contributed by atoms with Crippen LogP contribution in [0.4, 0.5) is 0 Å². The van der Waals surface area contributed by atoms with Crippen molar-refractivity contribution >= 4 is 30.7 Å². The number of likely N-dealkylation sites (tertiary alicyclic amines) is 1. The Kier molecular flexibility index (Phi) is 7.50. The van der Waals surface area contributed by atoms with Crippen LogP contribution in [0.2, 0.25) is 0 Å². The molecule has 2 N–H and O–H groups in total. The molecular weight excluding hydrogens is 409 g/mol. The third-order valence-electron chi connectivity index (χ3n) is 7.50. The van der Waals surface area contributed by atoms with Crippen molar-refractivity contribution in [3.8, 4) is 0 Å². The first kappa shape index (κ1) is 22.8. The van der Waals surface area contributed by atoms with E-state index in [-0.39, 0.29) is 49.4 Å². The Morgan fingerprint density at radius 3 is 2.66 bits per heavy atom. The molecule has 5 nitrogen and oxygen atoms in total. The minimum Gasteiger partial charge on any atom is -0.395 e. The fourth-order valence-corrected chi connectivity index (χ4v) is 6.19. The van der Waals surface area contributed by atoms with Crippen molar-refractivity contribution in [2.45, 2.75) is 56.8 Å². The van der Waals surface area contributed by atoms with Gasteiger partial charge >= 0.3 is 0 Å². The van der Waals surface area contributed by atoms with E-state index in [9.17, 15) is 9.90 Å². The van der Waals surface area contributed by atoms with Gasteiger partial charge in [-0.1, -0.05) is 30.7 Å². The van der Waals surface area contributed by atoms with E-state index in [1.54, 1.807) is 0 Å². The zero-order valence-corrected chi connectivity index (χ0v) is 18.5. The first-order valence-electron chi connectivity index (χ1n) is 10.7. The topological polar surface area (TPSA) is 55.8 Å². The van der Waals surface area contributed by atoms with Gasteiger partial charge in [0, 0.05) is 31.7 Å². The van der Waals surface area contributed by atoms with E-state index < -0.39 is 0 Å². The first-order valence-corrected chi connectivity index (χ1v) is 10.7. The van der Waals surface area contributed by atoms with Gasteiger partial charge in [-0.2, -0.15) is 0 Å². The van der Waals surface area contributed by atoms with Crippen LogP contribution >= 0.6 is 24.8 Å². The van der Waals surface area contributed by atoms with Gasteiger partial charge in [0.2, 0.25) is 5.91 Å². The van der Waals surface area contributed by atoms with Crippen molar-refractivity contribution in [1.29, 1.82) is 0 Å². The summed E-state index contributed by atoms with van der Waals surface area (Å²) in [4.78, 5) is 18.0. The van der Waals surface area contributed by atoms with Crippen LogP contribution in [0.3, 0.4) is 0 Å². The molecule has 4 aliphatic rings. The smallest absolute Gasteiger partial charge is 0.240 e. The fraction of sp³-hybridized carbons (Fsp3) is 0.682. The molecule has 0 radical (unpaired) electrons. The van der Waals surface area contributed by atoms with Gasteiger partial charge < -0.3 is 15.3 Å². The Balaban J connectivity index is 0.00000120. The van der Waals surface area contributed by atoms with E-state index in [1.807, 2.05) is 0 Å². The summed E-state index contributed by atoms with van der Waals surface area (Å²) in [5.41, 5.74) is 2.62. The van der Waals surface area contributed by atoms with Gasteiger partial charge in [-0.3, -0.25) is 9.69 Å². The predicted octanol–water partition coefficient (Wildman–Crippen LogP) is 2.24. The molecule has 0 aliphatic carbocycles. The second kappa shape index (κ2) is 9.52. The number of aliphatic hydroxyl groups excluding tert-OH is 1. The summed E-state index contributed by atoms with van der Waals surface area (Å²) in [6, 6.07) is 9.14. The molecule has 0 unspecified atom stereocenters. The SMILES string of the molecule is Cl.Cl.O=C([C@H]1Cc2ccccc2CN1)N1C[C@H]2C[C@@H](C1)[C@H](CO)N1CCCC[C@@H]21. The Labute approximate surface area is 186 Å². The lowest BCUT2D eigenvalue weighted by molar-refractivity contribution is -0.144. The lowest BCUT2D eigenvalue weighted by Gasteiger charge is -2.56. The summed E-state index contributed by atoms with van der Waals surface area (Å²) < 4.78 is 0. The highest BCUT2D eigenvalue weighted by Gasteiger charge is 2.48. The third kappa shape index (κ3) is 4.17. The molecule has 5 rings (SSSR count). The third-order valence-corrected chi connectivity index (χ3v) is 7.50. The largest absolute Gasteiger partial charge is 0.395 e. The molecule has 162 valence electrons. The minimum absolute atomic E-state index is 0. The van der Waals surface area contributed by atoms with Crippen LogP contribution in [0.1, 0.15) is 36.8 Å². The number of hydrogen-bond acceptors (Lipinski definition) is 4. The number of nitrogens with zero attached hydrogens (tertiary/aromatic N) is 2. The van der Waals surface area contributed by atoms with Crippen molar-refractivity contribution in [1.82, 2.24) is 15.1 Å². The molecule has 3 fully saturated rings. The van der Waals surface area contributed by atoms with E-state index in [0.29, 0.717) is 17.9 Å². The second-order valence-corrected chi connectivity index (χ2v) is 8.96. The van der Waals surface area contributed by atoms with Crippen LogP contribution in [0.5, 0.6) is 0 Å². The van der Waals surface area contributed by atoms with Crippen molar-refractivity contribution < 1.29 is 9.90 Å². The highest BCUT2D eigenvalue weighted by Crippen LogP contribution is 2.41. The molecule has 7 heteroatoms. The quantitative estimate of drug-likeness (QED) is 0.738. The number of benzene rings is 1. The molecule has 0 aromatic heterocycles. The van der Waals surface area contributed by atoms with E-state index in [2.05, 4.69) is 39.4 Å². The molecule has 1 aromatic carbocycles. The van der Waals surface area contributed by atoms with Crippen molar-refractivity contribution in [2.24, 2.45) is 11.8 Å². The number of fused-ring (bicyclic) bond motifs is 5. The highest BCUT2D eigenvalue weighted by molar-refractivity contribution is 5.85. The number of rotatable bonds is 2. The number of amides is 1. The van der Waals surface area contributed by atoms with E-state index in [1.165, 1.54) is 36.8 Å². The molecule has 3 saturated heterocycles. The molecule has 1 amide bonds. The minimum atomic E-state index is -0.103. The van der Waals surface area contributed by atoms with Crippen LogP contribution in [-0.4, -0.2) is 65.2 Å². The summed E-state index contributed by atoms with van der Waals surface area (Å²) in [7, 11) is 0. The van der Waals surface area contributed by atoms with Crippen LogP contribution in [0.25, 0.3) is 0 Å². The molecule has 4 aliphatic heterocycles. The van der Waals surface area contributed by atoms with Crippen molar-refractivity contribution in [3.63, 3.8) is 0 Å². The van der Waals surface area contributed by atoms with Crippen molar-refractivity contribution in [3.05, 3.63) is 35.4 Å². The number of halogens is 2. The van der Waals surface area contributed by atoms with Crippen LogP contribution in [-0.2, 0) is 17.8 Å². The van der Waals surface area contributed by atoms with Gasteiger partial charge in [0.05, 0.1) is 12.6 Å². The molecule has 0 saturated carbocycles. The summed E-state index contributed by atoms with van der Waals surface area (Å²) in [6.07, 6.45) is 5.73. The van der Waals surface area contributed by atoms with E-state index >= 15 is 0 Å². The summed E-state index contributed by atoms with van der Waals surface area (Å²) in [6.45, 7) is 3.84. The van der Waals surface area contributed by atoms with Crippen LogP contribution < -0.4 is 5.32 Å². The van der Waals surface area contributed by atoms with Gasteiger partial charge in [0.15, 0.2) is 0 Å². The maximum absolute atomic E-state index is 13.3. The predicted molar refractivity (Wildman–Crippen MR) is 119 cm³/mol. The number of hydrogen-bond donors (Lipinski definition) is 2. The first-order chi connectivity index (χ1) is 13.2. The summed E-state index contributed by atoms with van der Waals surface area (Å²) in [5, 5.41) is 13.5. The Morgan fingerprint density at radius 1 is 1.10 bits per heavy atom. The zero-order valence-electron chi connectivity index (χ0n) is 16.8. The summed E-state index contributed by atoms with van der Waals surface area (Å²) >= 11 is 0. The maximum atomic E-state index is 13.3. The fourth-order valence-electron chi connectivity index (χ4n) is 6.19. The average molecular weight is 442 g/mol. The van der Waals surface area contributed by atoms with Gasteiger partial charge in [0.25, 0.3) is 0 Å². The highest BCUT2D eigenvalue weighted by atomic mass is 35.5. The Bertz CT molecular complexity index is 705.